The van der Waals surface area contributed by atoms with Gasteiger partial charge in [-0.05, 0) is 25.4 Å². The Kier molecular flexibility index (Phi) is 12.3. The summed E-state index contributed by atoms with van der Waals surface area (Å²) in [5.74, 6) is -3.85. The van der Waals surface area contributed by atoms with E-state index in [9.17, 15) is 24.0 Å². The average Bonchev–Trinajstić information content (AvgIpc) is 2.62. The number of thioether (sulfide) groups is 1. The Balaban J connectivity index is 4.79. The Bertz CT molecular complexity index is 591. The molecular weight excluding hydrogens is 410 g/mol. The number of hydrogen-bond acceptors (Lipinski definition) is 8. The lowest BCUT2D eigenvalue weighted by Crippen LogP contribution is -2.57. The topological polar surface area (TPSA) is 194 Å². The summed E-state index contributed by atoms with van der Waals surface area (Å²) in [5, 5.41) is 15.9. The first kappa shape index (κ1) is 26.0. The van der Waals surface area contributed by atoms with Gasteiger partial charge in [0.25, 0.3) is 0 Å². The van der Waals surface area contributed by atoms with Gasteiger partial charge in [-0.25, -0.2) is 4.79 Å². The number of rotatable bonds is 13. The highest BCUT2D eigenvalue weighted by Gasteiger charge is 2.28. The Morgan fingerprint density at radius 3 is 2.07 bits per heavy atom. The fourth-order valence-corrected chi connectivity index (χ4v) is 2.67. The molecule has 0 fully saturated rings. The summed E-state index contributed by atoms with van der Waals surface area (Å²) >= 11 is 5.49. The molecule has 0 aromatic rings. The van der Waals surface area contributed by atoms with Crippen LogP contribution in [0.5, 0.6) is 0 Å². The number of carboxylic acids is 1. The molecular formula is C15H27N5O6S2. The zero-order chi connectivity index (χ0) is 21.9. The molecule has 0 radical (unpaired) electrons. The summed E-state index contributed by atoms with van der Waals surface area (Å²) in [7, 11) is 0. The van der Waals surface area contributed by atoms with Gasteiger partial charge in [0.05, 0.1) is 12.5 Å². The maximum Gasteiger partial charge on any atom is 0.326 e. The summed E-state index contributed by atoms with van der Waals surface area (Å²) in [4.78, 5) is 58.3. The van der Waals surface area contributed by atoms with Crippen molar-refractivity contribution in [1.29, 1.82) is 0 Å². The molecule has 160 valence electrons. The molecule has 0 spiro atoms. The molecule has 11 nitrogen and oxygen atoms in total. The van der Waals surface area contributed by atoms with Gasteiger partial charge < -0.3 is 32.5 Å². The van der Waals surface area contributed by atoms with E-state index in [-0.39, 0.29) is 5.75 Å². The van der Waals surface area contributed by atoms with Gasteiger partial charge in [0.15, 0.2) is 0 Å². The van der Waals surface area contributed by atoms with E-state index in [4.69, 9.17) is 16.6 Å². The van der Waals surface area contributed by atoms with Crippen LogP contribution < -0.4 is 27.4 Å². The van der Waals surface area contributed by atoms with Crippen molar-refractivity contribution in [1.82, 2.24) is 16.0 Å². The molecule has 4 atom stereocenters. The van der Waals surface area contributed by atoms with Crippen molar-refractivity contribution < 1.29 is 29.1 Å². The molecule has 0 aliphatic heterocycles. The molecule has 0 heterocycles. The van der Waals surface area contributed by atoms with Crippen LogP contribution in [0.1, 0.15) is 19.8 Å². The van der Waals surface area contributed by atoms with E-state index >= 15 is 0 Å². The molecule has 4 amide bonds. The summed E-state index contributed by atoms with van der Waals surface area (Å²) < 4.78 is 0. The highest BCUT2D eigenvalue weighted by Crippen LogP contribution is 2.00. The number of carbonyl (C=O) groups excluding carboxylic acids is 4. The number of hydrogen-bond donors (Lipinski definition) is 7. The van der Waals surface area contributed by atoms with Crippen LogP contribution >= 0.6 is 24.4 Å². The lowest BCUT2D eigenvalue weighted by molar-refractivity contribution is -0.143. The molecule has 8 N–H and O–H groups in total. The lowest BCUT2D eigenvalue weighted by atomic mass is 10.1. The van der Waals surface area contributed by atoms with Gasteiger partial charge in [0, 0.05) is 5.75 Å². The lowest BCUT2D eigenvalue weighted by Gasteiger charge is -2.22. The van der Waals surface area contributed by atoms with Crippen LogP contribution in [-0.2, 0) is 24.0 Å². The number of carbonyl (C=O) groups is 5. The van der Waals surface area contributed by atoms with E-state index in [1.165, 1.54) is 18.7 Å². The van der Waals surface area contributed by atoms with Crippen LogP contribution in [0.2, 0.25) is 0 Å². The molecule has 0 bridgehead atoms. The first-order valence-corrected chi connectivity index (χ1v) is 10.3. The van der Waals surface area contributed by atoms with Crippen LogP contribution in [0.3, 0.4) is 0 Å². The second-order valence-electron chi connectivity index (χ2n) is 5.93. The number of nitrogens with two attached hydrogens (primary N) is 2. The van der Waals surface area contributed by atoms with Gasteiger partial charge >= 0.3 is 5.97 Å². The smallest absolute Gasteiger partial charge is 0.326 e. The minimum Gasteiger partial charge on any atom is -0.480 e. The van der Waals surface area contributed by atoms with E-state index in [2.05, 4.69) is 28.6 Å². The van der Waals surface area contributed by atoms with E-state index < -0.39 is 60.2 Å². The molecule has 13 heteroatoms. The van der Waals surface area contributed by atoms with E-state index in [1.807, 2.05) is 6.26 Å². The van der Waals surface area contributed by atoms with Gasteiger partial charge in [0.2, 0.25) is 23.6 Å². The third-order valence-electron chi connectivity index (χ3n) is 3.56. The molecule has 0 aromatic carbocycles. The number of amides is 4. The number of carboxylic acid groups (broad SMARTS) is 1. The van der Waals surface area contributed by atoms with Gasteiger partial charge in [0.1, 0.15) is 18.1 Å². The minimum atomic E-state index is -1.53. The molecule has 28 heavy (non-hydrogen) atoms. The summed E-state index contributed by atoms with van der Waals surface area (Å²) in [5.41, 5.74) is 10.7. The van der Waals surface area contributed by atoms with Crippen LogP contribution in [-0.4, -0.2) is 76.6 Å². The van der Waals surface area contributed by atoms with E-state index in [1.54, 1.807) is 0 Å². The quantitative estimate of drug-likeness (QED) is 0.153. The van der Waals surface area contributed by atoms with Crippen molar-refractivity contribution in [2.45, 2.75) is 43.9 Å². The summed E-state index contributed by atoms with van der Waals surface area (Å²) in [6.45, 7) is 1.41. The predicted molar refractivity (Wildman–Crippen MR) is 108 cm³/mol. The fourth-order valence-electron chi connectivity index (χ4n) is 1.93. The van der Waals surface area contributed by atoms with Gasteiger partial charge in [-0.3, -0.25) is 19.2 Å². The zero-order valence-electron chi connectivity index (χ0n) is 15.6. The third kappa shape index (κ3) is 9.80. The standard InChI is InChI=1S/C15H27N5O6S2/c1-7(18-13(23)8(16)3-4-28-2)12(22)20-10(6-27)14(24)19-9(15(25)26)5-11(17)21/h7-10,27H,3-6,16H2,1-2H3,(H2,17,21)(H,18,23)(H,19,24)(H,20,22)(H,25,26). The van der Waals surface area contributed by atoms with Crippen molar-refractivity contribution in [2.75, 3.05) is 17.8 Å². The van der Waals surface area contributed by atoms with Crippen molar-refractivity contribution in [3.8, 4) is 0 Å². The maximum atomic E-state index is 12.2. The Morgan fingerprint density at radius 2 is 1.61 bits per heavy atom. The number of aliphatic carboxylic acids is 1. The Labute approximate surface area is 172 Å². The van der Waals surface area contributed by atoms with Crippen molar-refractivity contribution in [2.24, 2.45) is 11.5 Å². The van der Waals surface area contributed by atoms with E-state index in [0.717, 1.165) is 0 Å². The molecule has 0 saturated carbocycles. The van der Waals surface area contributed by atoms with Crippen molar-refractivity contribution >= 4 is 54.0 Å². The molecule has 0 rings (SSSR count). The van der Waals surface area contributed by atoms with Gasteiger partial charge in [-0.2, -0.15) is 24.4 Å². The van der Waals surface area contributed by atoms with Crippen molar-refractivity contribution in [3.05, 3.63) is 0 Å². The molecule has 4 unspecified atom stereocenters. The number of primary amides is 1. The normalized spacial score (nSPS) is 14.9. The van der Waals surface area contributed by atoms with Crippen LogP contribution in [0.4, 0.5) is 0 Å². The van der Waals surface area contributed by atoms with Crippen LogP contribution in [0, 0.1) is 0 Å². The minimum absolute atomic E-state index is 0.144. The van der Waals surface area contributed by atoms with Gasteiger partial charge in [-0.1, -0.05) is 0 Å². The number of nitrogens with one attached hydrogen (secondary N) is 3. The summed E-state index contributed by atoms with van der Waals surface area (Å²) in [6.07, 6.45) is 1.72. The highest BCUT2D eigenvalue weighted by molar-refractivity contribution is 7.98. The SMILES string of the molecule is CSCCC(N)C(=O)NC(C)C(=O)NC(CS)C(=O)NC(CC(N)=O)C(=O)O. The zero-order valence-corrected chi connectivity index (χ0v) is 17.3. The van der Waals surface area contributed by atoms with E-state index in [0.29, 0.717) is 12.2 Å². The second-order valence-corrected chi connectivity index (χ2v) is 7.28. The predicted octanol–water partition coefficient (Wildman–Crippen LogP) is -2.57. The molecule has 0 aliphatic rings. The maximum absolute atomic E-state index is 12.2. The average molecular weight is 438 g/mol. The Hall–Kier alpha value is -1.99. The summed E-state index contributed by atoms with van der Waals surface area (Å²) in [6, 6.07) is -4.47. The van der Waals surface area contributed by atoms with Crippen LogP contribution in [0.25, 0.3) is 0 Å². The first-order valence-electron chi connectivity index (χ1n) is 8.31. The fraction of sp³-hybridized carbons (Fsp3) is 0.667. The van der Waals surface area contributed by atoms with Gasteiger partial charge in [-0.15, -0.1) is 0 Å². The first-order chi connectivity index (χ1) is 13.0. The molecule has 0 saturated heterocycles. The largest absolute Gasteiger partial charge is 0.480 e. The van der Waals surface area contributed by atoms with Crippen molar-refractivity contribution in [3.63, 3.8) is 0 Å². The third-order valence-corrected chi connectivity index (χ3v) is 4.57. The van der Waals surface area contributed by atoms with Crippen LogP contribution in [0.15, 0.2) is 0 Å². The monoisotopic (exact) mass is 437 g/mol. The molecule has 0 aliphatic carbocycles. The number of thiol groups is 1. The molecule has 0 aromatic heterocycles. The Morgan fingerprint density at radius 1 is 1.04 bits per heavy atom. The second kappa shape index (κ2) is 13.2. The highest BCUT2D eigenvalue weighted by atomic mass is 32.2.